The van der Waals surface area contributed by atoms with E-state index in [9.17, 15) is 78.3 Å². The van der Waals surface area contributed by atoms with Crippen molar-refractivity contribution in [3.63, 3.8) is 0 Å². The Balaban J connectivity index is 0.803. The van der Waals surface area contributed by atoms with Gasteiger partial charge in [-0.15, -0.1) is 0 Å². The lowest BCUT2D eigenvalue weighted by molar-refractivity contribution is -0.249. The molecule has 29 heteroatoms. The molecule has 0 radical (unpaired) electrons. The number of phenols is 2. The molecule has 93 heavy (non-hydrogen) atoms. The van der Waals surface area contributed by atoms with Crippen LogP contribution >= 0.6 is 0 Å². The molecule has 4 aliphatic rings. The van der Waals surface area contributed by atoms with Gasteiger partial charge in [0.15, 0.2) is 17.9 Å². The number of fused-ring (bicyclic) bond motifs is 3. The molecule has 2 aliphatic heterocycles. The van der Waals surface area contributed by atoms with Gasteiger partial charge in [-0.25, -0.2) is 14.4 Å². The Bertz CT molecular complexity index is 3560. The van der Waals surface area contributed by atoms with E-state index >= 15 is 0 Å². The third-order valence-electron chi connectivity index (χ3n) is 16.3. The Morgan fingerprint density at radius 3 is 2.03 bits per heavy atom. The molecule has 0 bridgehead atoms. The van der Waals surface area contributed by atoms with Crippen molar-refractivity contribution in [1.29, 1.82) is 0 Å². The summed E-state index contributed by atoms with van der Waals surface area (Å²) in [6.07, 6.45) is -4.39. The number of carbonyl (C=O) groups is 11. The number of carbonyl (C=O) groups excluding carboxylic acids is 11. The molecule has 0 saturated carbocycles. The quantitative estimate of drug-likeness (QED) is 0.0204. The van der Waals surface area contributed by atoms with Gasteiger partial charge in [-0.05, 0) is 80.0 Å². The third-order valence-corrected chi connectivity index (χ3v) is 16.3. The van der Waals surface area contributed by atoms with Crippen LogP contribution < -0.4 is 42.4 Å². The van der Waals surface area contributed by atoms with Gasteiger partial charge >= 0.3 is 18.2 Å². The second-order valence-corrected chi connectivity index (χ2v) is 23.2. The lowest BCUT2D eigenvalue weighted by Gasteiger charge is -2.42. The summed E-state index contributed by atoms with van der Waals surface area (Å²) in [6.45, 7) is 3.69. The van der Waals surface area contributed by atoms with E-state index in [1.807, 2.05) is 0 Å². The number of imide groups is 1. The normalized spacial score (nSPS) is 20.3. The highest BCUT2D eigenvalue weighted by molar-refractivity contribution is 6.31. The molecule has 1 saturated heterocycles. The van der Waals surface area contributed by atoms with Crippen LogP contribution in [0.25, 0.3) is 0 Å². The molecule has 496 valence electrons. The number of methoxy groups -OCH3 is 1. The molecule has 9 amide bonds. The summed E-state index contributed by atoms with van der Waals surface area (Å²) in [5, 5.41) is 72.1. The topological polar surface area (TPSA) is 437 Å². The van der Waals surface area contributed by atoms with Crippen LogP contribution in [0, 0.1) is 5.92 Å². The van der Waals surface area contributed by atoms with Gasteiger partial charge in [0.05, 0.1) is 42.0 Å². The summed E-state index contributed by atoms with van der Waals surface area (Å²) >= 11 is 0. The minimum absolute atomic E-state index is 0.0207. The first-order valence-corrected chi connectivity index (χ1v) is 30.1. The lowest BCUT2D eigenvalue weighted by Crippen LogP contribution is -2.56. The molecule has 4 aromatic carbocycles. The number of anilines is 2. The maximum Gasteiger partial charge on any atom is 0.411 e. The average molecular weight is 1290 g/mol. The first kappa shape index (κ1) is 69.1. The molecule has 1 fully saturated rings. The highest BCUT2D eigenvalue weighted by Crippen LogP contribution is 2.52. The summed E-state index contributed by atoms with van der Waals surface area (Å²) in [5.41, 5.74) is 2.45. The monoisotopic (exact) mass is 1290 g/mol. The Kier molecular flexibility index (Phi) is 22.7. The number of urea groups is 1. The van der Waals surface area contributed by atoms with E-state index in [1.54, 1.807) is 50.2 Å². The zero-order chi connectivity index (χ0) is 67.4. The molecular weight excluding hydrogens is 1220 g/mol. The number of Topliss-reactive ketones (excluding diaryl/α,β-unsaturated/α-hetero) is 1. The number of aliphatic hydroxyl groups excluding tert-OH is 2. The maximum atomic E-state index is 14.1. The summed E-state index contributed by atoms with van der Waals surface area (Å²) < 4.78 is 28.4. The number of hydrogen-bond donors (Lipinski definition) is 12. The Morgan fingerprint density at radius 1 is 0.774 bits per heavy atom. The number of alkyl carbamates (subject to hydrolysis) is 1. The zero-order valence-corrected chi connectivity index (χ0v) is 51.3. The van der Waals surface area contributed by atoms with Gasteiger partial charge in [0.25, 0.3) is 11.8 Å². The smallest absolute Gasteiger partial charge is 0.411 e. The van der Waals surface area contributed by atoms with Crippen LogP contribution in [-0.2, 0) is 67.3 Å². The molecule has 2 aliphatic carbocycles. The second-order valence-electron chi connectivity index (χ2n) is 23.2. The molecule has 8 rings (SSSR count). The summed E-state index contributed by atoms with van der Waals surface area (Å²) in [5.74, 6) is -7.11. The largest absolute Gasteiger partial charge is 0.507 e. The number of aliphatic hydroxyl groups is 3. The van der Waals surface area contributed by atoms with Gasteiger partial charge in [-0.1, -0.05) is 56.7 Å². The first-order chi connectivity index (χ1) is 44.3. The van der Waals surface area contributed by atoms with E-state index in [2.05, 4.69) is 31.9 Å². The molecule has 13 N–H and O–H groups in total. The van der Waals surface area contributed by atoms with Crippen molar-refractivity contribution in [2.45, 2.75) is 140 Å². The van der Waals surface area contributed by atoms with Crippen molar-refractivity contribution in [2.24, 2.45) is 11.7 Å². The lowest BCUT2D eigenvalue weighted by atomic mass is 9.72. The summed E-state index contributed by atoms with van der Waals surface area (Å²) in [6, 6.07) is 12.7. The van der Waals surface area contributed by atoms with E-state index in [-0.39, 0.29) is 97.7 Å². The van der Waals surface area contributed by atoms with Gasteiger partial charge in [-0.2, -0.15) is 0 Å². The average Bonchev–Trinajstić information content (AvgIpc) is 0.917. The van der Waals surface area contributed by atoms with E-state index in [0.29, 0.717) is 41.8 Å². The van der Waals surface area contributed by atoms with Crippen molar-refractivity contribution >= 4 is 76.5 Å². The fourth-order valence-electron chi connectivity index (χ4n) is 11.3. The van der Waals surface area contributed by atoms with E-state index < -0.39 is 144 Å². The van der Waals surface area contributed by atoms with Crippen molar-refractivity contribution in [2.75, 3.05) is 37.4 Å². The van der Waals surface area contributed by atoms with Gasteiger partial charge in [0.2, 0.25) is 23.5 Å². The van der Waals surface area contributed by atoms with Gasteiger partial charge < -0.3 is 81.5 Å². The minimum atomic E-state index is -2.42. The molecule has 2 heterocycles. The minimum Gasteiger partial charge on any atom is -0.507 e. The Morgan fingerprint density at radius 2 is 1.41 bits per heavy atom. The summed E-state index contributed by atoms with van der Waals surface area (Å²) in [4.78, 5) is 143. The Labute approximate surface area is 532 Å². The van der Waals surface area contributed by atoms with E-state index in [4.69, 9.17) is 29.4 Å². The number of nitrogens with two attached hydrogens (primary N) is 1. The van der Waals surface area contributed by atoms with Gasteiger partial charge in [0.1, 0.15) is 60.9 Å². The highest BCUT2D eigenvalue weighted by atomic mass is 16.7. The van der Waals surface area contributed by atoms with Gasteiger partial charge in [0, 0.05) is 79.0 Å². The molecule has 0 spiro atoms. The third kappa shape index (κ3) is 16.6. The molecule has 29 nitrogen and oxygen atoms in total. The SMILES string of the molecule is COc1cccc2c1C(=O)c1c(O)c3c(c(O)c1C2=O)C[C@@](O)(C(=O)CO)CC3O[C@H]1C[C@H](NC(=O)OCc2ccc(NC(=O)OCc3ccc(NC(=O)[C@H](CCCNC(N)=O)NC(=O)[C@@H](NC(=O)CCCCCN4C(=O)C=CC4=O)C(C)C)cc3)cc2)[C@@H](O)[C@@H](C)O1. The van der Waals surface area contributed by atoms with Crippen LogP contribution in [0.5, 0.6) is 17.2 Å². The van der Waals surface area contributed by atoms with Crippen LogP contribution in [0.15, 0.2) is 78.9 Å². The van der Waals surface area contributed by atoms with Crippen LogP contribution in [0.3, 0.4) is 0 Å². The van der Waals surface area contributed by atoms with Crippen LogP contribution in [0.4, 0.5) is 25.8 Å². The maximum absolute atomic E-state index is 14.1. The number of nitrogens with one attached hydrogen (secondary N) is 6. The molecule has 0 aromatic heterocycles. The first-order valence-electron chi connectivity index (χ1n) is 30.1. The van der Waals surface area contributed by atoms with E-state index in [1.165, 1.54) is 56.5 Å². The van der Waals surface area contributed by atoms with Crippen molar-refractivity contribution in [3.8, 4) is 17.2 Å². The van der Waals surface area contributed by atoms with E-state index in [0.717, 1.165) is 4.90 Å². The number of nitrogens with zero attached hydrogens (tertiary/aromatic N) is 1. The van der Waals surface area contributed by atoms with Crippen molar-refractivity contribution < 1.29 is 102 Å². The van der Waals surface area contributed by atoms with Crippen molar-refractivity contribution in [1.82, 2.24) is 26.2 Å². The Hall–Kier alpha value is -9.81. The standard InChI is InChI=1S/C64H74N8O21/c1-32(2)53(71-45(75)13-6-5-7-25-72-46(76)22-23-47(72)77)60(84)69-40(11-9-24-66-61(65)85)59(83)67-36-18-14-34(15-19-36)30-90-62(86)68-37-20-16-35(17-21-37)31-91-63(87)70-41-26-48(92-33(3)54(41)78)93-43-28-64(88,44(74)29-73)27-39-50(43)58(82)52-51(56(39)80)55(79)38-10-8-12-42(89-4)49(38)57(52)81/h8,10,12,14-23,32-33,40-41,43,48,53-54,73,78,80,82,88H,5-7,9,11,13,24-31H2,1-4H3,(H,67,83)(H,68,86)(H,69,84)(H,70,87)(H,71,75)(H3,65,66,85)/t33-,40+,41+,43?,48+,53+,54+,64+/m1/s1. The van der Waals surface area contributed by atoms with Crippen LogP contribution in [-0.4, -0.2) is 165 Å². The van der Waals surface area contributed by atoms with Crippen LogP contribution in [0.1, 0.15) is 132 Å². The molecular formula is C64H74N8O21. The number of amides is 9. The number of ketones is 3. The number of aromatic hydroxyl groups is 2. The van der Waals surface area contributed by atoms with Gasteiger partial charge in [-0.3, -0.25) is 48.6 Å². The number of benzene rings is 4. The second kappa shape index (κ2) is 30.5. The summed E-state index contributed by atoms with van der Waals surface area (Å²) in [7, 11) is 1.28. The van der Waals surface area contributed by atoms with Crippen LogP contribution in [0.2, 0.25) is 0 Å². The fourth-order valence-corrected chi connectivity index (χ4v) is 11.3. The highest BCUT2D eigenvalue weighted by Gasteiger charge is 2.51. The molecule has 1 unspecified atom stereocenters. The number of rotatable bonds is 27. The predicted octanol–water partition coefficient (Wildman–Crippen LogP) is 3.22. The number of primary amides is 1. The number of hydrogen-bond acceptors (Lipinski definition) is 21. The predicted molar refractivity (Wildman–Crippen MR) is 326 cm³/mol. The molecule has 4 aromatic rings. The fraction of sp³-hybridized carbons (Fsp3) is 0.422. The molecule has 8 atom stereocenters. The number of unbranched alkanes of at least 4 members (excludes halogenated alkanes) is 2. The van der Waals surface area contributed by atoms with Crippen molar-refractivity contribution in [3.05, 3.63) is 123 Å². The number of ether oxygens (including phenoxy) is 5. The number of phenolic OH excluding ortho intramolecular Hbond substituents is 2. The zero-order valence-electron chi connectivity index (χ0n) is 51.3.